The first-order chi connectivity index (χ1) is 14.4. The van der Waals surface area contributed by atoms with Crippen LogP contribution in [0.3, 0.4) is 0 Å². The molecule has 0 aromatic heterocycles. The number of benzene rings is 2. The minimum atomic E-state index is -0.409. The number of nitrogens with one attached hydrogen (secondary N) is 1. The van der Waals surface area contributed by atoms with Crippen LogP contribution in [0.4, 0.5) is 10.5 Å². The zero-order valence-electron chi connectivity index (χ0n) is 16.7. The van der Waals surface area contributed by atoms with Crippen LogP contribution in [0.25, 0.3) is 0 Å². The standard InChI is InChI=1S/C22H23N3O5/c1-24-14-19(26)25(22(24)29)13-5-8-20(27)30-15-16-9-11-17(12-10-16)21(28)23-18-6-3-2-4-7-18/h2-4,6-7,9-12H,5,8,13-15H2,1H3,(H,23,28). The fraction of sp³-hybridized carbons (Fsp3) is 0.273. The van der Waals surface area contributed by atoms with Crippen molar-refractivity contribution in [2.75, 3.05) is 25.5 Å². The number of para-hydroxylation sites is 1. The second-order valence-electron chi connectivity index (χ2n) is 6.97. The largest absolute Gasteiger partial charge is 0.461 e. The number of hydrogen-bond acceptors (Lipinski definition) is 5. The summed E-state index contributed by atoms with van der Waals surface area (Å²) in [6.07, 6.45) is 0.459. The van der Waals surface area contributed by atoms with Crippen LogP contribution in [0.1, 0.15) is 28.8 Å². The van der Waals surface area contributed by atoms with E-state index in [1.807, 2.05) is 18.2 Å². The Morgan fingerprint density at radius 1 is 1.03 bits per heavy atom. The number of amides is 4. The molecule has 1 aliphatic rings. The summed E-state index contributed by atoms with van der Waals surface area (Å²) in [5, 5.41) is 2.80. The quantitative estimate of drug-likeness (QED) is 0.534. The van der Waals surface area contributed by atoms with Crippen molar-refractivity contribution in [1.82, 2.24) is 9.80 Å². The maximum Gasteiger partial charge on any atom is 0.326 e. The average Bonchev–Trinajstić information content (AvgIpc) is 2.99. The van der Waals surface area contributed by atoms with Crippen molar-refractivity contribution in [2.45, 2.75) is 19.4 Å². The molecule has 1 heterocycles. The first-order valence-electron chi connectivity index (χ1n) is 9.60. The van der Waals surface area contributed by atoms with Gasteiger partial charge >= 0.3 is 12.0 Å². The first kappa shape index (κ1) is 21.0. The lowest BCUT2D eigenvalue weighted by molar-refractivity contribution is -0.145. The van der Waals surface area contributed by atoms with Crippen LogP contribution in [0, 0.1) is 0 Å². The molecule has 1 saturated heterocycles. The normalized spacial score (nSPS) is 13.5. The van der Waals surface area contributed by atoms with Crippen LogP contribution >= 0.6 is 0 Å². The fourth-order valence-electron chi connectivity index (χ4n) is 2.98. The number of ether oxygens (including phenoxy) is 1. The van der Waals surface area contributed by atoms with Gasteiger partial charge in [-0.15, -0.1) is 0 Å². The molecule has 0 spiro atoms. The lowest BCUT2D eigenvalue weighted by atomic mass is 10.1. The Labute approximate surface area is 174 Å². The Hall–Kier alpha value is -3.68. The SMILES string of the molecule is CN1CC(=O)N(CCCC(=O)OCc2ccc(C(=O)Nc3ccccc3)cc2)C1=O. The van der Waals surface area contributed by atoms with E-state index in [4.69, 9.17) is 4.74 Å². The molecule has 2 aromatic carbocycles. The van der Waals surface area contributed by atoms with Gasteiger partial charge in [-0.05, 0) is 36.2 Å². The number of likely N-dealkylation sites (N-methyl/N-ethyl adjacent to an activating group) is 1. The lowest BCUT2D eigenvalue weighted by Gasteiger charge is -2.13. The molecule has 2 aromatic rings. The highest BCUT2D eigenvalue weighted by Gasteiger charge is 2.32. The topological polar surface area (TPSA) is 96.0 Å². The van der Waals surface area contributed by atoms with Crippen LogP contribution < -0.4 is 5.32 Å². The van der Waals surface area contributed by atoms with Crippen molar-refractivity contribution in [2.24, 2.45) is 0 Å². The maximum atomic E-state index is 12.2. The van der Waals surface area contributed by atoms with Crippen molar-refractivity contribution < 1.29 is 23.9 Å². The van der Waals surface area contributed by atoms with Gasteiger partial charge in [0.1, 0.15) is 13.2 Å². The second-order valence-corrected chi connectivity index (χ2v) is 6.97. The number of carbonyl (C=O) groups excluding carboxylic acids is 4. The number of hydrogen-bond donors (Lipinski definition) is 1. The van der Waals surface area contributed by atoms with Crippen molar-refractivity contribution in [3.05, 3.63) is 65.7 Å². The van der Waals surface area contributed by atoms with E-state index >= 15 is 0 Å². The Bertz CT molecular complexity index is 928. The van der Waals surface area contributed by atoms with Crippen molar-refractivity contribution in [3.8, 4) is 0 Å². The molecule has 0 bridgehead atoms. The van der Waals surface area contributed by atoms with E-state index in [0.717, 1.165) is 10.5 Å². The highest BCUT2D eigenvalue weighted by molar-refractivity contribution is 6.04. The molecule has 3 rings (SSSR count). The molecule has 1 fully saturated rings. The smallest absolute Gasteiger partial charge is 0.326 e. The van der Waals surface area contributed by atoms with Gasteiger partial charge in [0.15, 0.2) is 0 Å². The molecule has 8 nitrogen and oxygen atoms in total. The van der Waals surface area contributed by atoms with Gasteiger partial charge < -0.3 is 15.0 Å². The third-order valence-corrected chi connectivity index (χ3v) is 4.64. The lowest BCUT2D eigenvalue weighted by Crippen LogP contribution is -2.32. The van der Waals surface area contributed by atoms with Crippen LogP contribution in [-0.2, 0) is 20.9 Å². The zero-order valence-corrected chi connectivity index (χ0v) is 16.7. The molecule has 1 N–H and O–H groups in total. The summed E-state index contributed by atoms with van der Waals surface area (Å²) in [6.45, 7) is 0.356. The van der Waals surface area contributed by atoms with E-state index in [0.29, 0.717) is 17.7 Å². The molecule has 1 aliphatic heterocycles. The maximum absolute atomic E-state index is 12.2. The van der Waals surface area contributed by atoms with Crippen LogP contribution in [-0.4, -0.2) is 53.8 Å². The third kappa shape index (κ3) is 5.44. The van der Waals surface area contributed by atoms with Gasteiger partial charge in [0.05, 0.1) is 0 Å². The summed E-state index contributed by atoms with van der Waals surface area (Å²) in [4.78, 5) is 50.1. The van der Waals surface area contributed by atoms with Gasteiger partial charge in [-0.2, -0.15) is 0 Å². The summed E-state index contributed by atoms with van der Waals surface area (Å²) in [5.41, 5.74) is 1.97. The number of anilines is 1. The monoisotopic (exact) mass is 409 g/mol. The molecule has 0 atom stereocenters. The molecule has 4 amide bonds. The molecule has 156 valence electrons. The van der Waals surface area contributed by atoms with Crippen molar-refractivity contribution >= 4 is 29.5 Å². The highest BCUT2D eigenvalue weighted by Crippen LogP contribution is 2.12. The summed E-state index contributed by atoms with van der Waals surface area (Å²) < 4.78 is 5.23. The number of nitrogens with zero attached hydrogens (tertiary/aromatic N) is 2. The fourth-order valence-corrected chi connectivity index (χ4v) is 2.98. The second kappa shape index (κ2) is 9.69. The average molecular weight is 409 g/mol. The van der Waals surface area contributed by atoms with Gasteiger partial charge in [0.25, 0.3) is 5.91 Å². The van der Waals surface area contributed by atoms with E-state index in [2.05, 4.69) is 5.32 Å². The predicted molar refractivity (Wildman–Crippen MR) is 110 cm³/mol. The molecule has 8 heteroatoms. The molecule has 0 radical (unpaired) electrons. The Morgan fingerprint density at radius 3 is 2.37 bits per heavy atom. The molecule has 0 unspecified atom stereocenters. The Morgan fingerprint density at radius 2 is 1.73 bits per heavy atom. The summed E-state index contributed by atoms with van der Waals surface area (Å²) in [6, 6.07) is 15.6. The van der Waals surface area contributed by atoms with Gasteiger partial charge in [0, 0.05) is 31.3 Å². The van der Waals surface area contributed by atoms with Gasteiger partial charge in [-0.3, -0.25) is 19.3 Å². The number of rotatable bonds is 8. The van der Waals surface area contributed by atoms with E-state index < -0.39 is 5.97 Å². The molecule has 0 saturated carbocycles. The van der Waals surface area contributed by atoms with Gasteiger partial charge in [-0.1, -0.05) is 30.3 Å². The summed E-state index contributed by atoms with van der Waals surface area (Å²) in [5.74, 6) is -0.887. The van der Waals surface area contributed by atoms with Crippen LogP contribution in [0.15, 0.2) is 54.6 Å². The van der Waals surface area contributed by atoms with Crippen LogP contribution in [0.5, 0.6) is 0 Å². The Kier molecular flexibility index (Phi) is 6.79. The van der Waals surface area contributed by atoms with E-state index in [9.17, 15) is 19.2 Å². The number of esters is 1. The number of imide groups is 1. The molecular weight excluding hydrogens is 386 g/mol. The van der Waals surface area contributed by atoms with E-state index in [1.165, 1.54) is 4.90 Å². The molecule has 0 aliphatic carbocycles. The highest BCUT2D eigenvalue weighted by atomic mass is 16.5. The number of carbonyl (C=O) groups is 4. The van der Waals surface area contributed by atoms with Gasteiger partial charge in [0.2, 0.25) is 5.91 Å². The number of urea groups is 1. The van der Waals surface area contributed by atoms with E-state index in [-0.39, 0.29) is 44.0 Å². The first-order valence-corrected chi connectivity index (χ1v) is 9.60. The van der Waals surface area contributed by atoms with Crippen molar-refractivity contribution in [3.63, 3.8) is 0 Å². The zero-order chi connectivity index (χ0) is 21.5. The molecular formula is C22H23N3O5. The van der Waals surface area contributed by atoms with Crippen molar-refractivity contribution in [1.29, 1.82) is 0 Å². The van der Waals surface area contributed by atoms with Crippen LogP contribution in [0.2, 0.25) is 0 Å². The molecule has 30 heavy (non-hydrogen) atoms. The summed E-state index contributed by atoms with van der Waals surface area (Å²) >= 11 is 0. The van der Waals surface area contributed by atoms with E-state index in [1.54, 1.807) is 43.4 Å². The Balaban J connectivity index is 1.40. The predicted octanol–water partition coefficient (Wildman–Crippen LogP) is 2.66. The van der Waals surface area contributed by atoms with Gasteiger partial charge in [-0.25, -0.2) is 4.79 Å². The summed E-state index contributed by atoms with van der Waals surface area (Å²) in [7, 11) is 1.56. The third-order valence-electron chi connectivity index (χ3n) is 4.64. The minimum absolute atomic E-state index is 0.0721. The minimum Gasteiger partial charge on any atom is -0.461 e.